The maximum Gasteiger partial charge on any atom is 0.187 e. The SMILES string of the molecule is [C-]#[N+]c1ccc2[nH]c(-c3n[nH]c4ccccc34)cc2c1. The summed E-state index contributed by atoms with van der Waals surface area (Å²) in [6, 6.07) is 15.7. The van der Waals surface area contributed by atoms with E-state index in [0.29, 0.717) is 5.69 Å². The Bertz CT molecular complexity index is 969. The highest BCUT2D eigenvalue weighted by Crippen LogP contribution is 2.30. The van der Waals surface area contributed by atoms with Crippen molar-refractivity contribution in [1.82, 2.24) is 15.2 Å². The van der Waals surface area contributed by atoms with Gasteiger partial charge in [-0.3, -0.25) is 5.10 Å². The summed E-state index contributed by atoms with van der Waals surface area (Å²) in [6.45, 7) is 7.07. The second kappa shape index (κ2) is 3.97. The molecule has 0 saturated carbocycles. The van der Waals surface area contributed by atoms with E-state index < -0.39 is 0 Å². The number of nitrogens with one attached hydrogen (secondary N) is 2. The van der Waals surface area contributed by atoms with E-state index in [1.165, 1.54) is 0 Å². The van der Waals surface area contributed by atoms with Crippen molar-refractivity contribution >= 4 is 27.5 Å². The minimum Gasteiger partial charge on any atom is -0.353 e. The van der Waals surface area contributed by atoms with E-state index in [4.69, 9.17) is 6.57 Å². The largest absolute Gasteiger partial charge is 0.353 e. The van der Waals surface area contributed by atoms with Gasteiger partial charge in [0.1, 0.15) is 5.69 Å². The molecule has 4 heteroatoms. The van der Waals surface area contributed by atoms with Crippen molar-refractivity contribution in [3.05, 3.63) is 59.9 Å². The summed E-state index contributed by atoms with van der Waals surface area (Å²) < 4.78 is 0. The fraction of sp³-hybridized carbons (Fsp3) is 0. The number of nitrogens with zero attached hydrogens (tertiary/aromatic N) is 2. The summed E-state index contributed by atoms with van der Waals surface area (Å²) in [4.78, 5) is 6.81. The molecule has 2 aromatic carbocycles. The first-order valence-corrected chi connectivity index (χ1v) is 6.29. The van der Waals surface area contributed by atoms with Crippen molar-refractivity contribution in [2.45, 2.75) is 0 Å². The molecule has 94 valence electrons. The number of fused-ring (bicyclic) bond motifs is 2. The predicted octanol–water partition coefficient (Wildman–Crippen LogP) is 4.26. The first kappa shape index (κ1) is 10.8. The van der Waals surface area contributed by atoms with Gasteiger partial charge in [0.25, 0.3) is 0 Å². The highest BCUT2D eigenvalue weighted by atomic mass is 15.1. The lowest BCUT2D eigenvalue weighted by Crippen LogP contribution is -1.77. The van der Waals surface area contributed by atoms with Crippen LogP contribution in [0.4, 0.5) is 5.69 Å². The van der Waals surface area contributed by atoms with Crippen LogP contribution in [0.15, 0.2) is 48.5 Å². The third-order valence-corrected chi connectivity index (χ3v) is 3.46. The van der Waals surface area contributed by atoms with Gasteiger partial charge in [0.15, 0.2) is 5.69 Å². The highest BCUT2D eigenvalue weighted by molar-refractivity contribution is 5.96. The molecular formula is C16H10N4. The number of aromatic nitrogens is 3. The lowest BCUT2D eigenvalue weighted by Gasteiger charge is -1.92. The van der Waals surface area contributed by atoms with Gasteiger partial charge in [-0.15, -0.1) is 0 Å². The Kier molecular flexibility index (Phi) is 2.15. The highest BCUT2D eigenvalue weighted by Gasteiger charge is 2.10. The molecule has 0 fully saturated rings. The van der Waals surface area contributed by atoms with Gasteiger partial charge in [-0.1, -0.05) is 24.3 Å². The number of hydrogen-bond donors (Lipinski definition) is 2. The smallest absolute Gasteiger partial charge is 0.187 e. The zero-order valence-electron chi connectivity index (χ0n) is 10.5. The predicted molar refractivity (Wildman–Crippen MR) is 79.6 cm³/mol. The lowest BCUT2D eigenvalue weighted by atomic mass is 10.1. The fourth-order valence-electron chi connectivity index (χ4n) is 2.49. The molecule has 0 bridgehead atoms. The molecule has 0 aliphatic carbocycles. The van der Waals surface area contributed by atoms with Crippen molar-refractivity contribution in [2.24, 2.45) is 0 Å². The van der Waals surface area contributed by atoms with Crippen LogP contribution >= 0.6 is 0 Å². The van der Waals surface area contributed by atoms with Gasteiger partial charge in [-0.25, -0.2) is 4.85 Å². The molecule has 0 aliphatic rings. The van der Waals surface area contributed by atoms with Gasteiger partial charge >= 0.3 is 0 Å². The molecule has 4 aromatic rings. The van der Waals surface area contributed by atoms with Crippen molar-refractivity contribution in [3.63, 3.8) is 0 Å². The summed E-state index contributed by atoms with van der Waals surface area (Å²) in [5.41, 5.74) is 4.54. The lowest BCUT2D eigenvalue weighted by molar-refractivity contribution is 1.12. The molecule has 2 aromatic heterocycles. The molecule has 2 N–H and O–H groups in total. The molecule has 0 aliphatic heterocycles. The van der Waals surface area contributed by atoms with Crippen LogP contribution in [0.25, 0.3) is 38.0 Å². The Labute approximate surface area is 114 Å². The van der Waals surface area contributed by atoms with Gasteiger partial charge in [0.05, 0.1) is 17.8 Å². The Balaban J connectivity index is 1.96. The van der Waals surface area contributed by atoms with E-state index in [1.54, 1.807) is 0 Å². The first-order valence-electron chi connectivity index (χ1n) is 6.29. The number of rotatable bonds is 1. The summed E-state index contributed by atoms with van der Waals surface area (Å²) in [7, 11) is 0. The monoisotopic (exact) mass is 258 g/mol. The molecule has 2 heterocycles. The van der Waals surface area contributed by atoms with Crippen LogP contribution in [0.3, 0.4) is 0 Å². The standard InChI is InChI=1S/C16H10N4/c1-17-11-6-7-13-10(8-11)9-15(18-13)16-12-4-2-3-5-14(12)19-20-16/h2-9,18H,(H,19,20). The average Bonchev–Trinajstić information content (AvgIpc) is 3.09. The molecule has 4 rings (SSSR count). The third-order valence-electron chi connectivity index (χ3n) is 3.46. The van der Waals surface area contributed by atoms with Crippen LogP contribution in [0.5, 0.6) is 0 Å². The van der Waals surface area contributed by atoms with Gasteiger partial charge in [-0.2, -0.15) is 5.10 Å². The van der Waals surface area contributed by atoms with Crippen LogP contribution in [0.1, 0.15) is 0 Å². The minimum atomic E-state index is 0.648. The molecule has 0 saturated heterocycles. The molecule has 0 amide bonds. The van der Waals surface area contributed by atoms with Crippen LogP contribution in [-0.4, -0.2) is 15.2 Å². The number of H-pyrrole nitrogens is 2. The Morgan fingerprint density at radius 1 is 1.00 bits per heavy atom. The van der Waals surface area contributed by atoms with E-state index in [-0.39, 0.29) is 0 Å². The van der Waals surface area contributed by atoms with E-state index in [1.807, 2.05) is 48.5 Å². The average molecular weight is 258 g/mol. The molecule has 0 radical (unpaired) electrons. The van der Waals surface area contributed by atoms with E-state index >= 15 is 0 Å². The maximum absolute atomic E-state index is 7.07. The van der Waals surface area contributed by atoms with Crippen molar-refractivity contribution in [2.75, 3.05) is 0 Å². The minimum absolute atomic E-state index is 0.648. The summed E-state index contributed by atoms with van der Waals surface area (Å²) in [6.07, 6.45) is 0. The number of hydrogen-bond acceptors (Lipinski definition) is 1. The zero-order valence-corrected chi connectivity index (χ0v) is 10.5. The fourth-order valence-corrected chi connectivity index (χ4v) is 2.49. The summed E-state index contributed by atoms with van der Waals surface area (Å²) >= 11 is 0. The third kappa shape index (κ3) is 1.50. The number of aromatic amines is 2. The summed E-state index contributed by atoms with van der Waals surface area (Å²) in [5, 5.41) is 9.54. The van der Waals surface area contributed by atoms with E-state index in [0.717, 1.165) is 33.2 Å². The molecule has 20 heavy (non-hydrogen) atoms. The van der Waals surface area contributed by atoms with Crippen LogP contribution < -0.4 is 0 Å². The Hall–Kier alpha value is -3.06. The van der Waals surface area contributed by atoms with Gasteiger partial charge in [-0.05, 0) is 29.7 Å². The molecule has 4 nitrogen and oxygen atoms in total. The molecule has 0 spiro atoms. The van der Waals surface area contributed by atoms with Crippen LogP contribution in [-0.2, 0) is 0 Å². The maximum atomic E-state index is 7.07. The Morgan fingerprint density at radius 3 is 2.80 bits per heavy atom. The van der Waals surface area contributed by atoms with Crippen LogP contribution in [0, 0.1) is 6.57 Å². The second-order valence-corrected chi connectivity index (χ2v) is 4.68. The van der Waals surface area contributed by atoms with Crippen LogP contribution in [0.2, 0.25) is 0 Å². The molecular weight excluding hydrogens is 248 g/mol. The Morgan fingerprint density at radius 2 is 1.90 bits per heavy atom. The topological polar surface area (TPSA) is 48.8 Å². The van der Waals surface area contributed by atoms with Crippen molar-refractivity contribution in [1.29, 1.82) is 0 Å². The van der Waals surface area contributed by atoms with E-state index in [2.05, 4.69) is 20.0 Å². The number of para-hydroxylation sites is 1. The quantitative estimate of drug-likeness (QED) is 0.492. The van der Waals surface area contributed by atoms with Crippen molar-refractivity contribution in [3.8, 4) is 11.4 Å². The zero-order chi connectivity index (χ0) is 13.5. The first-order chi connectivity index (χ1) is 9.85. The molecule has 0 atom stereocenters. The second-order valence-electron chi connectivity index (χ2n) is 4.68. The van der Waals surface area contributed by atoms with Crippen molar-refractivity contribution < 1.29 is 0 Å². The molecule has 0 unspecified atom stereocenters. The van der Waals surface area contributed by atoms with E-state index in [9.17, 15) is 0 Å². The van der Waals surface area contributed by atoms with Gasteiger partial charge in [0.2, 0.25) is 0 Å². The van der Waals surface area contributed by atoms with Gasteiger partial charge in [0, 0.05) is 10.9 Å². The summed E-state index contributed by atoms with van der Waals surface area (Å²) in [5.74, 6) is 0. The number of benzene rings is 2. The van der Waals surface area contributed by atoms with Gasteiger partial charge < -0.3 is 4.98 Å². The normalized spacial score (nSPS) is 10.9.